The summed E-state index contributed by atoms with van der Waals surface area (Å²) in [6.07, 6.45) is 1.31. The third-order valence-corrected chi connectivity index (χ3v) is 4.83. The summed E-state index contributed by atoms with van der Waals surface area (Å²) < 4.78 is 23.3. The van der Waals surface area contributed by atoms with Gasteiger partial charge in [-0.15, -0.1) is 0 Å². The van der Waals surface area contributed by atoms with E-state index in [9.17, 15) is 4.79 Å². The van der Waals surface area contributed by atoms with E-state index in [2.05, 4.69) is 15.9 Å². The second-order valence-electron chi connectivity index (χ2n) is 6.28. The number of rotatable bonds is 6. The van der Waals surface area contributed by atoms with Gasteiger partial charge in [-0.05, 0) is 42.0 Å². The average molecular weight is 453 g/mol. The normalized spacial score (nSPS) is 10.7. The Labute approximate surface area is 175 Å². The first kappa shape index (κ1) is 19.1. The first-order chi connectivity index (χ1) is 14.1. The van der Waals surface area contributed by atoms with Crippen molar-refractivity contribution in [2.45, 2.75) is 6.61 Å². The Morgan fingerprint density at radius 1 is 0.931 bits per heavy atom. The molecule has 0 spiro atoms. The summed E-state index contributed by atoms with van der Waals surface area (Å²) in [6.45, 7) is 0.417. The lowest BCUT2D eigenvalue weighted by Crippen LogP contribution is -2.05. The minimum absolute atomic E-state index is 0.106. The summed E-state index contributed by atoms with van der Waals surface area (Å²) in [7, 11) is 1.57. The van der Waals surface area contributed by atoms with Crippen LogP contribution < -0.4 is 19.6 Å². The van der Waals surface area contributed by atoms with E-state index in [1.807, 2.05) is 24.3 Å². The van der Waals surface area contributed by atoms with Crippen molar-refractivity contribution in [3.05, 3.63) is 93.3 Å². The van der Waals surface area contributed by atoms with Gasteiger partial charge in [0.15, 0.2) is 0 Å². The second kappa shape index (κ2) is 8.41. The maximum atomic E-state index is 12.7. The molecule has 0 saturated carbocycles. The summed E-state index contributed by atoms with van der Waals surface area (Å²) in [5, 5.41) is 0.418. The van der Waals surface area contributed by atoms with Gasteiger partial charge in [0, 0.05) is 16.6 Å². The van der Waals surface area contributed by atoms with Gasteiger partial charge in [-0.2, -0.15) is 0 Å². The van der Waals surface area contributed by atoms with Crippen LogP contribution in [-0.4, -0.2) is 7.11 Å². The zero-order valence-electron chi connectivity index (χ0n) is 15.6. The minimum Gasteiger partial charge on any atom is -0.497 e. The Balaban J connectivity index is 1.54. The molecule has 6 heteroatoms. The molecule has 0 saturated heterocycles. The molecule has 0 radical (unpaired) electrons. The number of hydrogen-bond acceptors (Lipinski definition) is 5. The van der Waals surface area contributed by atoms with Crippen LogP contribution in [0.3, 0.4) is 0 Å². The van der Waals surface area contributed by atoms with Crippen molar-refractivity contribution < 1.29 is 18.6 Å². The van der Waals surface area contributed by atoms with Gasteiger partial charge in [-0.3, -0.25) is 4.79 Å². The second-order valence-corrected chi connectivity index (χ2v) is 7.20. The Kier molecular flexibility index (Phi) is 5.53. The fourth-order valence-electron chi connectivity index (χ4n) is 2.79. The van der Waals surface area contributed by atoms with Gasteiger partial charge >= 0.3 is 0 Å². The molecule has 0 N–H and O–H groups in total. The molecule has 1 heterocycles. The van der Waals surface area contributed by atoms with Crippen molar-refractivity contribution in [2.24, 2.45) is 0 Å². The lowest BCUT2D eigenvalue weighted by molar-refractivity contribution is 0.306. The Hall–Kier alpha value is -3.25. The van der Waals surface area contributed by atoms with Crippen molar-refractivity contribution in [3.8, 4) is 23.0 Å². The molecule has 0 atom stereocenters. The van der Waals surface area contributed by atoms with Gasteiger partial charge in [0.05, 0.1) is 12.5 Å². The Bertz CT molecular complexity index is 1200. The van der Waals surface area contributed by atoms with Crippen LogP contribution in [0.2, 0.25) is 0 Å². The molecule has 0 aliphatic heterocycles. The van der Waals surface area contributed by atoms with E-state index in [0.29, 0.717) is 34.8 Å². The summed E-state index contributed by atoms with van der Waals surface area (Å²) in [5.41, 5.74) is 1.21. The molecule has 1 aromatic heterocycles. The van der Waals surface area contributed by atoms with E-state index in [0.717, 1.165) is 10.0 Å². The molecular formula is C23H17BrO5. The van der Waals surface area contributed by atoms with Crippen molar-refractivity contribution in [2.75, 3.05) is 7.11 Å². The number of ether oxygens (including phenoxy) is 3. The Morgan fingerprint density at radius 3 is 2.52 bits per heavy atom. The minimum atomic E-state index is -0.256. The summed E-state index contributed by atoms with van der Waals surface area (Å²) in [4.78, 5) is 12.7. The highest BCUT2D eigenvalue weighted by Gasteiger charge is 2.11. The van der Waals surface area contributed by atoms with Crippen molar-refractivity contribution in [3.63, 3.8) is 0 Å². The molecule has 3 aromatic carbocycles. The summed E-state index contributed by atoms with van der Waals surface area (Å²) in [5.74, 6) is 1.85. The van der Waals surface area contributed by atoms with Crippen molar-refractivity contribution in [1.82, 2.24) is 0 Å². The van der Waals surface area contributed by atoms with Gasteiger partial charge < -0.3 is 18.6 Å². The van der Waals surface area contributed by atoms with E-state index in [-0.39, 0.29) is 11.2 Å². The molecule has 0 amide bonds. The molecule has 0 aliphatic carbocycles. The smallest absolute Gasteiger partial charge is 0.235 e. The van der Waals surface area contributed by atoms with E-state index in [1.54, 1.807) is 49.6 Å². The number of fused-ring (bicyclic) bond motifs is 1. The lowest BCUT2D eigenvalue weighted by Gasteiger charge is -2.09. The van der Waals surface area contributed by atoms with Gasteiger partial charge in [-0.1, -0.05) is 34.1 Å². The molecule has 146 valence electrons. The maximum Gasteiger partial charge on any atom is 0.235 e. The van der Waals surface area contributed by atoms with Crippen molar-refractivity contribution in [1.29, 1.82) is 0 Å². The van der Waals surface area contributed by atoms with Crippen LogP contribution in [0.4, 0.5) is 0 Å². The molecule has 5 nitrogen and oxygen atoms in total. The SMILES string of the molecule is COc1cccc(Oc2coc3cc(OCc4ccc(Br)cc4)ccc3c2=O)c1. The van der Waals surface area contributed by atoms with Crippen LogP contribution >= 0.6 is 15.9 Å². The van der Waals surface area contributed by atoms with Crippen LogP contribution in [0.15, 0.2) is 86.7 Å². The molecule has 0 unspecified atom stereocenters. The van der Waals surface area contributed by atoms with Crippen LogP contribution in [0.5, 0.6) is 23.0 Å². The van der Waals surface area contributed by atoms with E-state index >= 15 is 0 Å². The van der Waals surface area contributed by atoms with Crippen LogP contribution in [0, 0.1) is 0 Å². The molecule has 4 rings (SSSR count). The average Bonchev–Trinajstić information content (AvgIpc) is 2.75. The zero-order chi connectivity index (χ0) is 20.2. The van der Waals surface area contributed by atoms with E-state index in [4.69, 9.17) is 18.6 Å². The van der Waals surface area contributed by atoms with Gasteiger partial charge in [-0.25, -0.2) is 0 Å². The molecule has 4 aromatic rings. The molecule has 29 heavy (non-hydrogen) atoms. The van der Waals surface area contributed by atoms with Crippen LogP contribution in [-0.2, 0) is 6.61 Å². The third-order valence-electron chi connectivity index (χ3n) is 4.30. The van der Waals surface area contributed by atoms with E-state index in [1.165, 1.54) is 6.26 Å². The first-order valence-corrected chi connectivity index (χ1v) is 9.66. The molecular weight excluding hydrogens is 436 g/mol. The predicted octanol–water partition coefficient (Wildman–Crippen LogP) is 5.94. The van der Waals surface area contributed by atoms with Crippen molar-refractivity contribution >= 4 is 26.9 Å². The third kappa shape index (κ3) is 4.43. The fraction of sp³-hybridized carbons (Fsp3) is 0.0870. The van der Waals surface area contributed by atoms with Crippen LogP contribution in [0.25, 0.3) is 11.0 Å². The topological polar surface area (TPSA) is 57.9 Å². The standard InChI is InChI=1S/C23H17BrO5/c1-26-17-3-2-4-19(11-17)29-22-14-28-21-12-18(9-10-20(21)23(22)25)27-13-15-5-7-16(24)8-6-15/h2-12,14H,13H2,1H3. The van der Waals surface area contributed by atoms with Gasteiger partial charge in [0.25, 0.3) is 0 Å². The monoisotopic (exact) mass is 452 g/mol. The first-order valence-electron chi connectivity index (χ1n) is 8.87. The van der Waals surface area contributed by atoms with Crippen LogP contribution in [0.1, 0.15) is 5.56 Å². The highest BCUT2D eigenvalue weighted by Crippen LogP contribution is 2.26. The predicted molar refractivity (Wildman–Crippen MR) is 114 cm³/mol. The Morgan fingerprint density at radius 2 is 1.72 bits per heavy atom. The number of methoxy groups -OCH3 is 1. The number of benzene rings is 3. The fourth-order valence-corrected chi connectivity index (χ4v) is 3.05. The highest BCUT2D eigenvalue weighted by molar-refractivity contribution is 9.10. The molecule has 0 fully saturated rings. The number of hydrogen-bond donors (Lipinski definition) is 0. The summed E-state index contributed by atoms with van der Waals surface area (Å²) in [6, 6.07) is 20.0. The highest BCUT2D eigenvalue weighted by atomic mass is 79.9. The largest absolute Gasteiger partial charge is 0.497 e. The number of halogens is 1. The molecule has 0 aliphatic rings. The lowest BCUT2D eigenvalue weighted by atomic mass is 10.2. The van der Waals surface area contributed by atoms with Gasteiger partial charge in [0.1, 0.15) is 35.7 Å². The quantitative estimate of drug-likeness (QED) is 0.362. The molecule has 0 bridgehead atoms. The summed E-state index contributed by atoms with van der Waals surface area (Å²) >= 11 is 3.41. The van der Waals surface area contributed by atoms with E-state index < -0.39 is 0 Å². The zero-order valence-corrected chi connectivity index (χ0v) is 17.1. The van der Waals surface area contributed by atoms with Gasteiger partial charge in [0.2, 0.25) is 11.2 Å². The maximum absolute atomic E-state index is 12.7.